The molecule has 0 spiro atoms. The van der Waals surface area contributed by atoms with Gasteiger partial charge in [-0.15, -0.1) is 0 Å². The Balaban J connectivity index is 1.92. The van der Waals surface area contributed by atoms with Crippen LogP contribution in [0.1, 0.15) is 11.1 Å². The third-order valence-corrected chi connectivity index (χ3v) is 3.45. The number of ether oxygens (including phenoxy) is 1. The van der Waals surface area contributed by atoms with Crippen LogP contribution in [-0.4, -0.2) is 17.4 Å². The summed E-state index contributed by atoms with van der Waals surface area (Å²) < 4.78 is 5.22. The van der Waals surface area contributed by atoms with Gasteiger partial charge in [0.15, 0.2) is 12.4 Å². The molecule has 0 heterocycles. The van der Waals surface area contributed by atoms with Crippen LogP contribution in [0.5, 0.6) is 5.75 Å². The molecule has 0 saturated heterocycles. The number of benzene rings is 2. The second-order valence-corrected chi connectivity index (χ2v) is 5.30. The van der Waals surface area contributed by atoms with E-state index in [1.807, 2.05) is 31.2 Å². The number of nitrogens with zero attached hydrogens (tertiary/aromatic N) is 1. The smallest absolute Gasteiger partial charge is 0.312 e. The average Bonchev–Trinajstić information content (AvgIpc) is 2.52. The number of carbonyl (C=O) groups excluding carboxylic acids is 1. The van der Waals surface area contributed by atoms with Gasteiger partial charge in [0.2, 0.25) is 0 Å². The summed E-state index contributed by atoms with van der Waals surface area (Å²) in [5, 5.41) is 13.9. The van der Waals surface area contributed by atoms with Crippen LogP contribution in [0.15, 0.2) is 42.5 Å². The number of carbonyl (C=O) groups is 1. The Labute approximate surface area is 138 Å². The number of aryl methyl sites for hydroxylation is 1. The summed E-state index contributed by atoms with van der Waals surface area (Å²) in [4.78, 5) is 22.1. The van der Waals surface area contributed by atoms with Gasteiger partial charge in [0.25, 0.3) is 5.91 Å². The lowest BCUT2D eigenvalue weighted by Gasteiger charge is -2.09. The fraction of sp³-hybridized carbons (Fsp3) is 0.188. The molecule has 0 atom stereocenters. The Hall–Kier alpha value is -2.60. The van der Waals surface area contributed by atoms with Crippen molar-refractivity contribution >= 4 is 23.2 Å². The van der Waals surface area contributed by atoms with Crippen LogP contribution < -0.4 is 10.1 Å². The van der Waals surface area contributed by atoms with E-state index in [1.165, 1.54) is 18.2 Å². The molecule has 6 nitrogen and oxygen atoms in total. The van der Waals surface area contributed by atoms with Gasteiger partial charge in [-0.25, -0.2) is 0 Å². The molecule has 1 amide bonds. The Morgan fingerprint density at radius 3 is 2.74 bits per heavy atom. The maximum Gasteiger partial charge on any atom is 0.312 e. The van der Waals surface area contributed by atoms with Gasteiger partial charge >= 0.3 is 5.69 Å². The minimum absolute atomic E-state index is 0.00504. The summed E-state index contributed by atoms with van der Waals surface area (Å²) in [6, 6.07) is 11.7. The highest BCUT2D eigenvalue weighted by Gasteiger charge is 2.16. The van der Waals surface area contributed by atoms with Gasteiger partial charge in [0, 0.05) is 17.6 Å². The molecule has 0 aromatic heterocycles. The van der Waals surface area contributed by atoms with E-state index in [2.05, 4.69) is 5.32 Å². The van der Waals surface area contributed by atoms with Gasteiger partial charge in [0.1, 0.15) is 0 Å². The maximum absolute atomic E-state index is 11.8. The van der Waals surface area contributed by atoms with Crippen LogP contribution in [-0.2, 0) is 11.3 Å². The van der Waals surface area contributed by atoms with E-state index in [4.69, 9.17) is 16.3 Å². The zero-order valence-corrected chi connectivity index (χ0v) is 13.2. The molecule has 1 N–H and O–H groups in total. The van der Waals surface area contributed by atoms with Gasteiger partial charge in [0.05, 0.1) is 4.92 Å². The molecule has 120 valence electrons. The first kappa shape index (κ1) is 16.8. The predicted octanol–water partition coefficient (Wildman–Crippen LogP) is 3.25. The Morgan fingerprint density at radius 2 is 2.04 bits per heavy atom. The molecule has 0 bridgehead atoms. The van der Waals surface area contributed by atoms with Gasteiger partial charge < -0.3 is 10.1 Å². The quantitative estimate of drug-likeness (QED) is 0.649. The van der Waals surface area contributed by atoms with Crippen molar-refractivity contribution in [2.24, 2.45) is 0 Å². The molecular formula is C16H15ClN2O4. The van der Waals surface area contributed by atoms with Crippen molar-refractivity contribution in [1.29, 1.82) is 0 Å². The van der Waals surface area contributed by atoms with E-state index in [9.17, 15) is 14.9 Å². The third kappa shape index (κ3) is 4.69. The number of nitrogens with one attached hydrogen (secondary N) is 1. The number of nitro benzene ring substituents is 1. The van der Waals surface area contributed by atoms with Crippen LogP contribution >= 0.6 is 11.6 Å². The van der Waals surface area contributed by atoms with Crippen LogP contribution in [0.25, 0.3) is 0 Å². The number of amides is 1. The Bertz CT molecular complexity index is 734. The van der Waals surface area contributed by atoms with Crippen LogP contribution in [0, 0.1) is 17.0 Å². The van der Waals surface area contributed by atoms with Crippen molar-refractivity contribution in [3.05, 3.63) is 68.7 Å². The van der Waals surface area contributed by atoms with Crippen LogP contribution in [0.4, 0.5) is 5.69 Å². The van der Waals surface area contributed by atoms with Crippen molar-refractivity contribution in [2.75, 3.05) is 6.61 Å². The second kappa shape index (κ2) is 7.60. The first-order valence-corrected chi connectivity index (χ1v) is 7.23. The predicted molar refractivity (Wildman–Crippen MR) is 86.6 cm³/mol. The van der Waals surface area contributed by atoms with E-state index in [1.54, 1.807) is 0 Å². The fourth-order valence-electron chi connectivity index (χ4n) is 1.95. The van der Waals surface area contributed by atoms with E-state index >= 15 is 0 Å². The summed E-state index contributed by atoms with van der Waals surface area (Å²) in [5.74, 6) is -0.358. The minimum atomic E-state index is -0.605. The molecule has 23 heavy (non-hydrogen) atoms. The summed E-state index contributed by atoms with van der Waals surface area (Å²) in [5.41, 5.74) is 1.80. The number of hydrogen-bond acceptors (Lipinski definition) is 4. The molecule has 7 heteroatoms. The first-order chi connectivity index (χ1) is 11.0. The normalized spacial score (nSPS) is 10.2. The van der Waals surface area contributed by atoms with Crippen molar-refractivity contribution in [1.82, 2.24) is 5.32 Å². The van der Waals surface area contributed by atoms with Crippen molar-refractivity contribution in [3.63, 3.8) is 0 Å². The fourth-order valence-corrected chi connectivity index (χ4v) is 2.12. The van der Waals surface area contributed by atoms with Crippen molar-refractivity contribution in [2.45, 2.75) is 13.5 Å². The molecule has 0 saturated carbocycles. The van der Waals surface area contributed by atoms with Crippen LogP contribution in [0.3, 0.4) is 0 Å². The monoisotopic (exact) mass is 334 g/mol. The first-order valence-electron chi connectivity index (χ1n) is 6.85. The zero-order valence-electron chi connectivity index (χ0n) is 12.4. The Kier molecular flexibility index (Phi) is 5.54. The van der Waals surface area contributed by atoms with Crippen molar-refractivity contribution in [3.8, 4) is 5.75 Å². The molecule has 2 rings (SSSR count). The minimum Gasteiger partial charge on any atom is -0.477 e. The lowest BCUT2D eigenvalue weighted by atomic mass is 10.1. The lowest BCUT2D eigenvalue weighted by Crippen LogP contribution is -2.28. The number of halogens is 1. The molecular weight excluding hydrogens is 320 g/mol. The van der Waals surface area contributed by atoms with E-state index in [-0.39, 0.29) is 29.0 Å². The SMILES string of the molecule is Cc1ccccc1CNC(=O)COc1ccc(Cl)cc1[N+](=O)[O-]. The van der Waals surface area contributed by atoms with E-state index in [0.717, 1.165) is 11.1 Å². The highest BCUT2D eigenvalue weighted by Crippen LogP contribution is 2.29. The number of rotatable bonds is 6. The summed E-state index contributed by atoms with van der Waals surface area (Å²) in [6.07, 6.45) is 0. The van der Waals surface area contributed by atoms with Gasteiger partial charge in [-0.3, -0.25) is 14.9 Å². The molecule has 0 radical (unpaired) electrons. The molecule has 2 aromatic carbocycles. The highest BCUT2D eigenvalue weighted by atomic mass is 35.5. The molecule has 0 unspecified atom stereocenters. The standard InChI is InChI=1S/C16H15ClN2O4/c1-11-4-2-3-5-12(11)9-18-16(20)10-23-15-7-6-13(17)8-14(15)19(21)22/h2-8H,9-10H2,1H3,(H,18,20). The summed E-state index contributed by atoms with van der Waals surface area (Å²) >= 11 is 5.72. The van der Waals surface area contributed by atoms with Crippen LogP contribution in [0.2, 0.25) is 5.02 Å². The molecule has 0 fully saturated rings. The third-order valence-electron chi connectivity index (χ3n) is 3.21. The second-order valence-electron chi connectivity index (χ2n) is 4.86. The Morgan fingerprint density at radius 1 is 1.30 bits per heavy atom. The van der Waals surface area contributed by atoms with Gasteiger partial charge in [-0.1, -0.05) is 35.9 Å². The number of nitro groups is 1. The molecule has 2 aromatic rings. The van der Waals surface area contributed by atoms with E-state index < -0.39 is 4.92 Å². The maximum atomic E-state index is 11.8. The van der Waals surface area contributed by atoms with Crippen molar-refractivity contribution < 1.29 is 14.5 Å². The lowest BCUT2D eigenvalue weighted by molar-refractivity contribution is -0.385. The summed E-state index contributed by atoms with van der Waals surface area (Å²) in [7, 11) is 0. The topological polar surface area (TPSA) is 81.5 Å². The average molecular weight is 335 g/mol. The highest BCUT2D eigenvalue weighted by molar-refractivity contribution is 6.30. The van der Waals surface area contributed by atoms with E-state index in [0.29, 0.717) is 6.54 Å². The largest absolute Gasteiger partial charge is 0.477 e. The van der Waals surface area contributed by atoms with Gasteiger partial charge in [-0.05, 0) is 30.2 Å². The summed E-state index contributed by atoms with van der Waals surface area (Å²) in [6.45, 7) is 2.01. The molecule has 0 aliphatic heterocycles. The molecule has 0 aliphatic rings. The number of hydrogen-bond donors (Lipinski definition) is 1. The zero-order chi connectivity index (χ0) is 16.8. The van der Waals surface area contributed by atoms with Gasteiger partial charge in [-0.2, -0.15) is 0 Å². The molecule has 0 aliphatic carbocycles.